The van der Waals surface area contributed by atoms with Crippen molar-refractivity contribution in [1.29, 1.82) is 0 Å². The molecule has 1 aliphatic rings. The van der Waals surface area contributed by atoms with Gasteiger partial charge in [0, 0.05) is 25.3 Å². The summed E-state index contributed by atoms with van der Waals surface area (Å²) >= 11 is 0. The molecular weight excluding hydrogens is 246 g/mol. The molecule has 1 saturated carbocycles. The van der Waals surface area contributed by atoms with Crippen LogP contribution in [0.3, 0.4) is 0 Å². The number of hydrogen-bond acceptors (Lipinski definition) is 3. The molecule has 2 rings (SSSR count). The normalized spacial score (nSPS) is 14.6. The fourth-order valence-corrected chi connectivity index (χ4v) is 2.55. The van der Waals surface area contributed by atoms with Crippen molar-refractivity contribution in [2.24, 2.45) is 5.92 Å². The number of anilines is 1. The largest absolute Gasteiger partial charge is 0.357 e. The van der Waals surface area contributed by atoms with E-state index in [0.29, 0.717) is 0 Å². The molecule has 20 heavy (non-hydrogen) atoms. The fraction of sp³-hybridized carbons (Fsp3) is 0.706. The lowest BCUT2D eigenvalue weighted by molar-refractivity contribution is 0.710. The fourth-order valence-electron chi connectivity index (χ4n) is 2.55. The van der Waals surface area contributed by atoms with E-state index in [9.17, 15) is 0 Å². The minimum atomic E-state index is 0.906. The predicted octanol–water partition coefficient (Wildman–Crippen LogP) is 3.38. The van der Waals surface area contributed by atoms with Gasteiger partial charge in [-0.3, -0.25) is 0 Å². The third-order valence-electron chi connectivity index (χ3n) is 3.89. The minimum absolute atomic E-state index is 0.906. The molecule has 0 unspecified atom stereocenters. The Kier molecular flexibility index (Phi) is 5.84. The standard InChI is InChI=1S/C17H29N3/c1-4-7-16-10-15(12-18-5-2)11-17(19-16)20(6-3)13-14-8-9-14/h10-11,14,18H,4-9,12-13H2,1-3H3. The lowest BCUT2D eigenvalue weighted by atomic mass is 10.1. The monoisotopic (exact) mass is 275 g/mol. The van der Waals surface area contributed by atoms with Crippen LogP contribution in [0.1, 0.15) is 51.3 Å². The van der Waals surface area contributed by atoms with Crippen LogP contribution in [0.15, 0.2) is 12.1 Å². The number of aromatic nitrogens is 1. The molecular formula is C17H29N3. The quantitative estimate of drug-likeness (QED) is 0.749. The molecule has 1 aromatic heterocycles. The van der Waals surface area contributed by atoms with E-state index >= 15 is 0 Å². The molecule has 3 heteroatoms. The summed E-state index contributed by atoms with van der Waals surface area (Å²) in [5.41, 5.74) is 2.61. The number of pyridine rings is 1. The van der Waals surface area contributed by atoms with Gasteiger partial charge in [0.2, 0.25) is 0 Å². The van der Waals surface area contributed by atoms with E-state index in [1.165, 1.54) is 36.5 Å². The van der Waals surface area contributed by atoms with Crippen molar-refractivity contribution in [3.63, 3.8) is 0 Å². The third kappa shape index (κ3) is 4.48. The molecule has 0 radical (unpaired) electrons. The number of rotatable bonds is 9. The zero-order valence-electron chi connectivity index (χ0n) is 13.3. The van der Waals surface area contributed by atoms with E-state index in [1.807, 2.05) is 0 Å². The van der Waals surface area contributed by atoms with Crippen LogP contribution in [0.25, 0.3) is 0 Å². The highest BCUT2D eigenvalue weighted by Gasteiger charge is 2.24. The van der Waals surface area contributed by atoms with Crippen LogP contribution in [-0.2, 0) is 13.0 Å². The minimum Gasteiger partial charge on any atom is -0.357 e. The first kappa shape index (κ1) is 15.3. The van der Waals surface area contributed by atoms with Gasteiger partial charge in [-0.05, 0) is 56.3 Å². The van der Waals surface area contributed by atoms with Crippen LogP contribution in [0.4, 0.5) is 5.82 Å². The van der Waals surface area contributed by atoms with Gasteiger partial charge in [-0.25, -0.2) is 4.98 Å². The molecule has 3 nitrogen and oxygen atoms in total. The highest BCUT2D eigenvalue weighted by Crippen LogP contribution is 2.31. The first-order valence-electron chi connectivity index (χ1n) is 8.22. The van der Waals surface area contributed by atoms with E-state index in [2.05, 4.69) is 43.1 Å². The highest BCUT2D eigenvalue weighted by atomic mass is 15.2. The second-order valence-electron chi connectivity index (χ2n) is 5.84. The molecule has 112 valence electrons. The molecule has 1 N–H and O–H groups in total. The van der Waals surface area contributed by atoms with Gasteiger partial charge in [0.05, 0.1) is 0 Å². The Morgan fingerprint density at radius 1 is 1.25 bits per heavy atom. The maximum absolute atomic E-state index is 4.88. The molecule has 1 aliphatic carbocycles. The van der Waals surface area contributed by atoms with Gasteiger partial charge < -0.3 is 10.2 Å². The lowest BCUT2D eigenvalue weighted by Gasteiger charge is -2.23. The molecule has 0 aliphatic heterocycles. The topological polar surface area (TPSA) is 28.2 Å². The molecule has 0 atom stereocenters. The van der Waals surface area contributed by atoms with Crippen LogP contribution in [0.5, 0.6) is 0 Å². The van der Waals surface area contributed by atoms with Gasteiger partial charge in [0.1, 0.15) is 5.82 Å². The van der Waals surface area contributed by atoms with Crippen LogP contribution in [0.2, 0.25) is 0 Å². The maximum Gasteiger partial charge on any atom is 0.129 e. The van der Waals surface area contributed by atoms with Crippen molar-refractivity contribution < 1.29 is 0 Å². The van der Waals surface area contributed by atoms with Gasteiger partial charge in [0.15, 0.2) is 0 Å². The van der Waals surface area contributed by atoms with Gasteiger partial charge in [-0.2, -0.15) is 0 Å². The van der Waals surface area contributed by atoms with Crippen molar-refractivity contribution in [2.45, 2.75) is 53.0 Å². The van der Waals surface area contributed by atoms with Crippen molar-refractivity contribution >= 4 is 5.82 Å². The molecule has 0 spiro atoms. The van der Waals surface area contributed by atoms with Crippen molar-refractivity contribution in [3.05, 3.63) is 23.4 Å². The first-order valence-corrected chi connectivity index (χ1v) is 8.22. The first-order chi connectivity index (χ1) is 9.76. The average Bonchev–Trinajstić information content (AvgIpc) is 3.26. The van der Waals surface area contributed by atoms with E-state index in [-0.39, 0.29) is 0 Å². The third-order valence-corrected chi connectivity index (χ3v) is 3.89. The summed E-state index contributed by atoms with van der Waals surface area (Å²) in [4.78, 5) is 7.33. The summed E-state index contributed by atoms with van der Waals surface area (Å²) in [6, 6.07) is 4.54. The Labute approximate surface area is 123 Å². The van der Waals surface area contributed by atoms with Crippen molar-refractivity contribution in [3.8, 4) is 0 Å². The maximum atomic E-state index is 4.88. The molecule has 0 aromatic carbocycles. The summed E-state index contributed by atoms with van der Waals surface area (Å²) in [6.45, 7) is 10.8. The summed E-state index contributed by atoms with van der Waals surface area (Å²) in [5.74, 6) is 2.09. The van der Waals surface area contributed by atoms with Crippen LogP contribution < -0.4 is 10.2 Å². The molecule has 0 amide bonds. The second-order valence-corrected chi connectivity index (χ2v) is 5.84. The van der Waals surface area contributed by atoms with Crippen molar-refractivity contribution in [1.82, 2.24) is 10.3 Å². The zero-order chi connectivity index (χ0) is 14.4. The van der Waals surface area contributed by atoms with E-state index in [1.54, 1.807) is 0 Å². The Hall–Kier alpha value is -1.09. The second kappa shape index (κ2) is 7.63. The Bertz CT molecular complexity index is 413. The summed E-state index contributed by atoms with van der Waals surface area (Å²) in [6.07, 6.45) is 5.03. The van der Waals surface area contributed by atoms with E-state index in [0.717, 1.165) is 38.4 Å². The summed E-state index contributed by atoms with van der Waals surface area (Å²) in [7, 11) is 0. The summed E-state index contributed by atoms with van der Waals surface area (Å²) < 4.78 is 0. The SMILES string of the molecule is CCCc1cc(CNCC)cc(N(CC)CC2CC2)n1. The zero-order valence-corrected chi connectivity index (χ0v) is 13.3. The highest BCUT2D eigenvalue weighted by molar-refractivity contribution is 5.43. The van der Waals surface area contributed by atoms with Crippen LogP contribution >= 0.6 is 0 Å². The van der Waals surface area contributed by atoms with Gasteiger partial charge in [-0.15, -0.1) is 0 Å². The van der Waals surface area contributed by atoms with Gasteiger partial charge >= 0.3 is 0 Å². The van der Waals surface area contributed by atoms with E-state index in [4.69, 9.17) is 4.98 Å². The predicted molar refractivity (Wildman–Crippen MR) is 86.2 cm³/mol. The molecule has 0 saturated heterocycles. The molecule has 1 fully saturated rings. The Morgan fingerprint density at radius 2 is 2.05 bits per heavy atom. The molecule has 0 bridgehead atoms. The number of nitrogens with one attached hydrogen (secondary N) is 1. The van der Waals surface area contributed by atoms with Gasteiger partial charge in [0.25, 0.3) is 0 Å². The van der Waals surface area contributed by atoms with Gasteiger partial charge in [-0.1, -0.05) is 20.3 Å². The average molecular weight is 275 g/mol. The number of aryl methyl sites for hydroxylation is 1. The number of hydrogen-bond donors (Lipinski definition) is 1. The van der Waals surface area contributed by atoms with Crippen molar-refractivity contribution in [2.75, 3.05) is 24.5 Å². The van der Waals surface area contributed by atoms with E-state index < -0.39 is 0 Å². The Balaban J connectivity index is 2.16. The summed E-state index contributed by atoms with van der Waals surface area (Å²) in [5, 5.41) is 3.42. The van der Waals surface area contributed by atoms with Crippen LogP contribution in [-0.4, -0.2) is 24.6 Å². The number of nitrogens with zero attached hydrogens (tertiary/aromatic N) is 2. The lowest BCUT2D eigenvalue weighted by Crippen LogP contribution is -2.27. The molecule has 1 aromatic rings. The Morgan fingerprint density at radius 3 is 2.65 bits per heavy atom. The molecule has 1 heterocycles. The smallest absolute Gasteiger partial charge is 0.129 e. The van der Waals surface area contributed by atoms with Crippen LogP contribution in [0, 0.1) is 5.92 Å².